The molecule has 4 rings (SSSR count). The van der Waals surface area contributed by atoms with Gasteiger partial charge in [0.2, 0.25) is 0 Å². The molecule has 124 valence electrons. The van der Waals surface area contributed by atoms with Crippen molar-refractivity contribution in [2.24, 2.45) is 0 Å². The number of aromatic nitrogens is 3. The lowest BCUT2D eigenvalue weighted by atomic mass is 10.0. The van der Waals surface area contributed by atoms with Crippen LogP contribution in [0.25, 0.3) is 11.2 Å². The second kappa shape index (κ2) is 6.21. The van der Waals surface area contributed by atoms with Gasteiger partial charge >= 0.3 is 0 Å². The van der Waals surface area contributed by atoms with E-state index in [1.54, 1.807) is 0 Å². The molecule has 23 heavy (non-hydrogen) atoms. The average molecular weight is 314 g/mol. The lowest BCUT2D eigenvalue weighted by Gasteiger charge is -2.36. The number of hydrogen-bond acceptors (Lipinski definition) is 4. The topological polar surface area (TPSA) is 43.2 Å². The number of piperidine rings is 1. The molecule has 0 aliphatic carbocycles. The second-order valence-corrected chi connectivity index (χ2v) is 7.05. The summed E-state index contributed by atoms with van der Waals surface area (Å²) in [4.78, 5) is 12.1. The van der Waals surface area contributed by atoms with Crippen molar-refractivity contribution in [3.05, 3.63) is 24.2 Å². The maximum atomic E-state index is 5.94. The number of pyridine rings is 1. The quantitative estimate of drug-likeness (QED) is 0.871. The Bertz CT molecular complexity index is 667. The first kappa shape index (κ1) is 15.1. The summed E-state index contributed by atoms with van der Waals surface area (Å²) >= 11 is 0. The smallest absolute Gasteiger partial charge is 0.160 e. The van der Waals surface area contributed by atoms with Gasteiger partial charge in [-0.25, -0.2) is 9.97 Å². The van der Waals surface area contributed by atoms with Crippen LogP contribution in [0.3, 0.4) is 0 Å². The molecule has 2 aromatic heterocycles. The summed E-state index contributed by atoms with van der Waals surface area (Å²) < 4.78 is 8.33. The van der Waals surface area contributed by atoms with E-state index in [2.05, 4.69) is 34.4 Å². The Morgan fingerprint density at radius 2 is 2.04 bits per heavy atom. The molecule has 0 unspecified atom stereocenters. The summed E-state index contributed by atoms with van der Waals surface area (Å²) in [6.45, 7) is 7.73. The van der Waals surface area contributed by atoms with Crippen molar-refractivity contribution < 1.29 is 4.74 Å². The van der Waals surface area contributed by atoms with E-state index in [1.807, 2.05) is 12.3 Å². The first-order valence-corrected chi connectivity index (χ1v) is 8.92. The molecule has 2 aromatic rings. The van der Waals surface area contributed by atoms with Gasteiger partial charge in [0.05, 0.1) is 0 Å². The number of ether oxygens (including phenoxy) is 1. The van der Waals surface area contributed by atoms with Crippen LogP contribution in [0.5, 0.6) is 0 Å². The molecule has 0 amide bonds. The molecule has 0 bridgehead atoms. The fourth-order valence-electron chi connectivity index (χ4n) is 3.98. The van der Waals surface area contributed by atoms with E-state index in [-0.39, 0.29) is 6.10 Å². The van der Waals surface area contributed by atoms with Gasteiger partial charge in [-0.05, 0) is 51.7 Å². The van der Waals surface area contributed by atoms with Crippen molar-refractivity contribution in [3.8, 4) is 0 Å². The fourth-order valence-corrected chi connectivity index (χ4v) is 3.98. The molecule has 2 aliphatic rings. The van der Waals surface area contributed by atoms with Crippen molar-refractivity contribution in [2.75, 3.05) is 19.7 Å². The third-order valence-electron chi connectivity index (χ3n) is 5.29. The zero-order valence-electron chi connectivity index (χ0n) is 14.1. The van der Waals surface area contributed by atoms with Crippen LogP contribution in [0.2, 0.25) is 0 Å². The number of nitrogens with zero attached hydrogens (tertiary/aromatic N) is 4. The van der Waals surface area contributed by atoms with Gasteiger partial charge in [-0.1, -0.05) is 0 Å². The van der Waals surface area contributed by atoms with Crippen LogP contribution >= 0.6 is 0 Å². The SMILES string of the molecule is CC(C)N1CCC(n2c([C@H]3CCCO3)nc3cccnc32)CC1. The van der Waals surface area contributed by atoms with Gasteiger partial charge in [0.1, 0.15) is 17.4 Å². The number of imidazole rings is 1. The predicted octanol–water partition coefficient (Wildman–Crippen LogP) is 3.33. The van der Waals surface area contributed by atoms with Crippen molar-refractivity contribution in [2.45, 2.75) is 57.7 Å². The summed E-state index contributed by atoms with van der Waals surface area (Å²) in [6, 6.07) is 5.16. The van der Waals surface area contributed by atoms with Crippen LogP contribution in [0.15, 0.2) is 18.3 Å². The minimum absolute atomic E-state index is 0.146. The fraction of sp³-hybridized carbons (Fsp3) is 0.667. The summed E-state index contributed by atoms with van der Waals surface area (Å²) in [5.74, 6) is 1.10. The molecule has 5 nitrogen and oxygen atoms in total. The maximum absolute atomic E-state index is 5.94. The Morgan fingerprint density at radius 1 is 1.22 bits per heavy atom. The van der Waals surface area contributed by atoms with Crippen LogP contribution in [0, 0.1) is 0 Å². The van der Waals surface area contributed by atoms with Crippen molar-refractivity contribution in [1.82, 2.24) is 19.4 Å². The highest BCUT2D eigenvalue weighted by Crippen LogP contribution is 2.35. The van der Waals surface area contributed by atoms with E-state index in [0.29, 0.717) is 12.1 Å². The predicted molar refractivity (Wildman–Crippen MR) is 90.4 cm³/mol. The Morgan fingerprint density at radius 3 is 2.74 bits per heavy atom. The molecule has 0 saturated carbocycles. The highest BCUT2D eigenvalue weighted by molar-refractivity contribution is 5.71. The van der Waals surface area contributed by atoms with E-state index in [4.69, 9.17) is 9.72 Å². The van der Waals surface area contributed by atoms with Gasteiger partial charge in [-0.15, -0.1) is 0 Å². The van der Waals surface area contributed by atoms with E-state index in [0.717, 1.165) is 49.5 Å². The van der Waals surface area contributed by atoms with E-state index >= 15 is 0 Å². The van der Waals surface area contributed by atoms with E-state index < -0.39 is 0 Å². The molecule has 0 spiro atoms. The molecular formula is C18H26N4O. The Labute approximate surface area is 137 Å². The van der Waals surface area contributed by atoms with Crippen molar-refractivity contribution in [3.63, 3.8) is 0 Å². The standard InChI is InChI=1S/C18H26N4O/c1-13(2)21-10-7-14(8-11-21)22-17-15(5-3-9-19-17)20-18(22)16-6-4-12-23-16/h3,5,9,13-14,16H,4,6-8,10-12H2,1-2H3/t16-/m1/s1. The van der Waals surface area contributed by atoms with Crippen molar-refractivity contribution >= 4 is 11.2 Å². The van der Waals surface area contributed by atoms with Crippen LogP contribution in [0.1, 0.15) is 57.5 Å². The summed E-state index contributed by atoms with van der Waals surface area (Å²) in [5.41, 5.74) is 2.03. The normalized spacial score (nSPS) is 24.0. The highest BCUT2D eigenvalue weighted by atomic mass is 16.5. The summed E-state index contributed by atoms with van der Waals surface area (Å²) in [5, 5.41) is 0. The lowest BCUT2D eigenvalue weighted by Crippen LogP contribution is -2.39. The minimum atomic E-state index is 0.146. The Hall–Kier alpha value is -1.46. The Balaban J connectivity index is 1.69. The molecule has 2 fully saturated rings. The maximum Gasteiger partial charge on any atom is 0.160 e. The molecular weight excluding hydrogens is 288 g/mol. The molecule has 0 aromatic carbocycles. The van der Waals surface area contributed by atoms with Crippen molar-refractivity contribution in [1.29, 1.82) is 0 Å². The van der Waals surface area contributed by atoms with Gasteiger partial charge < -0.3 is 14.2 Å². The zero-order chi connectivity index (χ0) is 15.8. The number of fused-ring (bicyclic) bond motifs is 1. The van der Waals surface area contributed by atoms with Gasteiger partial charge in [0.15, 0.2) is 5.65 Å². The average Bonchev–Trinajstić information content (AvgIpc) is 3.22. The molecule has 4 heterocycles. The third kappa shape index (κ3) is 2.76. The monoisotopic (exact) mass is 314 g/mol. The molecule has 5 heteroatoms. The molecule has 0 radical (unpaired) electrons. The first-order chi connectivity index (χ1) is 11.2. The van der Waals surface area contributed by atoms with E-state index in [1.165, 1.54) is 12.8 Å². The van der Waals surface area contributed by atoms with Crippen LogP contribution < -0.4 is 0 Å². The molecule has 2 aliphatic heterocycles. The number of hydrogen-bond donors (Lipinski definition) is 0. The van der Waals surface area contributed by atoms with Gasteiger partial charge in [-0.3, -0.25) is 0 Å². The largest absolute Gasteiger partial charge is 0.370 e. The number of likely N-dealkylation sites (tertiary alicyclic amines) is 1. The number of rotatable bonds is 3. The van der Waals surface area contributed by atoms with Gasteiger partial charge in [0, 0.05) is 38.0 Å². The molecule has 2 saturated heterocycles. The lowest BCUT2D eigenvalue weighted by molar-refractivity contribution is 0.0955. The third-order valence-corrected chi connectivity index (χ3v) is 5.29. The van der Waals surface area contributed by atoms with Crippen LogP contribution in [-0.4, -0.2) is 45.2 Å². The minimum Gasteiger partial charge on any atom is -0.370 e. The summed E-state index contributed by atoms with van der Waals surface area (Å²) in [6.07, 6.45) is 6.57. The van der Waals surface area contributed by atoms with Gasteiger partial charge in [-0.2, -0.15) is 0 Å². The Kier molecular flexibility index (Phi) is 4.07. The van der Waals surface area contributed by atoms with E-state index in [9.17, 15) is 0 Å². The first-order valence-electron chi connectivity index (χ1n) is 8.92. The van der Waals surface area contributed by atoms with Gasteiger partial charge in [0.25, 0.3) is 0 Å². The van der Waals surface area contributed by atoms with Crippen LogP contribution in [0.4, 0.5) is 0 Å². The second-order valence-electron chi connectivity index (χ2n) is 7.05. The van der Waals surface area contributed by atoms with Crippen LogP contribution in [-0.2, 0) is 4.74 Å². The highest BCUT2D eigenvalue weighted by Gasteiger charge is 2.30. The summed E-state index contributed by atoms with van der Waals surface area (Å²) in [7, 11) is 0. The zero-order valence-corrected chi connectivity index (χ0v) is 14.1. The molecule has 1 atom stereocenters. The molecule has 0 N–H and O–H groups in total.